The molecular weight excluding hydrogens is 497 g/mol. The smallest absolute Gasteiger partial charge is 0.191 e. The molecule has 6 heteroatoms. The molecule has 31 heavy (non-hydrogen) atoms. The van der Waals surface area contributed by atoms with Crippen LogP contribution in [0.5, 0.6) is 0 Å². The Kier molecular flexibility index (Phi) is 10.1. The fourth-order valence-corrected chi connectivity index (χ4v) is 3.99. The highest BCUT2D eigenvalue weighted by Crippen LogP contribution is 2.18. The summed E-state index contributed by atoms with van der Waals surface area (Å²) in [6.45, 7) is 8.45. The molecule has 2 aromatic rings. The largest absolute Gasteiger partial charge is 0.378 e. The molecule has 0 radical (unpaired) electrons. The molecule has 0 amide bonds. The summed E-state index contributed by atoms with van der Waals surface area (Å²) in [5, 5.41) is 7.12. The fraction of sp³-hybridized carbons (Fsp3) is 0.480. The SMILES string of the molecule is CN=C(NCc1ccc(N(C)C)cc1C)NC1CCN(Cc2ccccc2C)CC1.I. The number of nitrogens with zero attached hydrogens (tertiary/aromatic N) is 3. The third kappa shape index (κ3) is 7.38. The van der Waals surface area contributed by atoms with Crippen molar-refractivity contribution in [1.29, 1.82) is 0 Å². The minimum Gasteiger partial charge on any atom is -0.378 e. The predicted molar refractivity (Wildman–Crippen MR) is 144 cm³/mol. The molecule has 1 fully saturated rings. The van der Waals surface area contributed by atoms with Crippen LogP contribution in [0.15, 0.2) is 47.5 Å². The Hall–Kier alpha value is -1.80. The second-order valence-corrected chi connectivity index (χ2v) is 8.55. The molecule has 1 heterocycles. The Morgan fingerprint density at radius 2 is 1.74 bits per heavy atom. The first-order chi connectivity index (χ1) is 14.5. The van der Waals surface area contributed by atoms with E-state index in [9.17, 15) is 0 Å². The van der Waals surface area contributed by atoms with Crippen LogP contribution < -0.4 is 15.5 Å². The molecule has 1 aliphatic rings. The molecule has 0 aromatic heterocycles. The minimum atomic E-state index is 0. The number of likely N-dealkylation sites (tertiary alicyclic amines) is 1. The number of nitrogens with one attached hydrogen (secondary N) is 2. The van der Waals surface area contributed by atoms with E-state index in [-0.39, 0.29) is 24.0 Å². The van der Waals surface area contributed by atoms with Gasteiger partial charge in [-0.2, -0.15) is 0 Å². The molecule has 3 rings (SSSR count). The molecule has 5 nitrogen and oxygen atoms in total. The lowest BCUT2D eigenvalue weighted by Gasteiger charge is -2.33. The summed E-state index contributed by atoms with van der Waals surface area (Å²) in [6, 6.07) is 15.8. The molecule has 0 unspecified atom stereocenters. The Bertz CT molecular complexity index is 857. The molecule has 0 bridgehead atoms. The van der Waals surface area contributed by atoms with Gasteiger partial charge in [0, 0.05) is 59.1 Å². The number of aliphatic imine (C=N–C) groups is 1. The van der Waals surface area contributed by atoms with Crippen molar-refractivity contribution in [1.82, 2.24) is 15.5 Å². The molecule has 0 aliphatic carbocycles. The van der Waals surface area contributed by atoms with Gasteiger partial charge in [0.15, 0.2) is 5.96 Å². The summed E-state index contributed by atoms with van der Waals surface area (Å²) < 4.78 is 0. The van der Waals surface area contributed by atoms with Gasteiger partial charge in [-0.3, -0.25) is 9.89 Å². The first kappa shape index (κ1) is 25.5. The van der Waals surface area contributed by atoms with Gasteiger partial charge in [-0.25, -0.2) is 0 Å². The zero-order valence-corrected chi connectivity index (χ0v) is 21.9. The third-order valence-corrected chi connectivity index (χ3v) is 6.10. The van der Waals surface area contributed by atoms with Crippen molar-refractivity contribution in [3.63, 3.8) is 0 Å². The van der Waals surface area contributed by atoms with E-state index in [2.05, 4.69) is 95.8 Å². The third-order valence-electron chi connectivity index (χ3n) is 6.10. The van der Waals surface area contributed by atoms with Crippen molar-refractivity contribution in [2.24, 2.45) is 4.99 Å². The highest BCUT2D eigenvalue weighted by molar-refractivity contribution is 14.0. The Labute approximate surface area is 205 Å². The van der Waals surface area contributed by atoms with Gasteiger partial charge in [0.2, 0.25) is 0 Å². The van der Waals surface area contributed by atoms with Gasteiger partial charge in [0.05, 0.1) is 0 Å². The van der Waals surface area contributed by atoms with Crippen LogP contribution in [0.4, 0.5) is 5.69 Å². The van der Waals surface area contributed by atoms with Crippen LogP contribution in [0.1, 0.15) is 35.1 Å². The maximum atomic E-state index is 4.44. The number of anilines is 1. The van der Waals surface area contributed by atoms with Crippen LogP contribution in [-0.4, -0.2) is 51.1 Å². The van der Waals surface area contributed by atoms with Crippen LogP contribution >= 0.6 is 24.0 Å². The van der Waals surface area contributed by atoms with Gasteiger partial charge >= 0.3 is 0 Å². The summed E-state index contributed by atoms with van der Waals surface area (Å²) >= 11 is 0. The second-order valence-electron chi connectivity index (χ2n) is 8.55. The molecule has 0 saturated carbocycles. The molecule has 170 valence electrons. The Morgan fingerprint density at radius 1 is 1.03 bits per heavy atom. The van der Waals surface area contributed by atoms with Crippen molar-refractivity contribution in [2.75, 3.05) is 39.1 Å². The lowest BCUT2D eigenvalue weighted by Crippen LogP contribution is -2.48. The van der Waals surface area contributed by atoms with Crippen molar-refractivity contribution in [3.05, 3.63) is 64.7 Å². The van der Waals surface area contributed by atoms with Gasteiger partial charge in [0.1, 0.15) is 0 Å². The van der Waals surface area contributed by atoms with E-state index in [1.165, 1.54) is 27.9 Å². The minimum absolute atomic E-state index is 0. The zero-order valence-electron chi connectivity index (χ0n) is 19.6. The number of benzene rings is 2. The number of halogens is 1. The van der Waals surface area contributed by atoms with Crippen LogP contribution in [-0.2, 0) is 13.1 Å². The van der Waals surface area contributed by atoms with Crippen LogP contribution in [0, 0.1) is 13.8 Å². The first-order valence-electron chi connectivity index (χ1n) is 11.0. The predicted octanol–water partition coefficient (Wildman–Crippen LogP) is 4.32. The fourth-order valence-electron chi connectivity index (χ4n) is 3.99. The average Bonchev–Trinajstić information content (AvgIpc) is 2.74. The van der Waals surface area contributed by atoms with E-state index in [1.54, 1.807) is 0 Å². The maximum absolute atomic E-state index is 4.44. The average molecular weight is 536 g/mol. The number of hydrogen-bond donors (Lipinski definition) is 2. The van der Waals surface area contributed by atoms with Gasteiger partial charge in [0.25, 0.3) is 0 Å². The molecular formula is C25H38IN5. The van der Waals surface area contributed by atoms with Crippen molar-refractivity contribution in [2.45, 2.75) is 45.8 Å². The van der Waals surface area contributed by atoms with E-state index in [4.69, 9.17) is 0 Å². The highest BCUT2D eigenvalue weighted by Gasteiger charge is 2.20. The maximum Gasteiger partial charge on any atom is 0.191 e. The van der Waals surface area contributed by atoms with Crippen molar-refractivity contribution < 1.29 is 0 Å². The second kappa shape index (κ2) is 12.3. The molecule has 1 aliphatic heterocycles. The lowest BCUT2D eigenvalue weighted by atomic mass is 10.0. The zero-order chi connectivity index (χ0) is 21.5. The number of piperidine rings is 1. The highest BCUT2D eigenvalue weighted by atomic mass is 127. The van der Waals surface area contributed by atoms with E-state index in [0.29, 0.717) is 6.04 Å². The standard InChI is InChI=1S/C25H37N5.HI/c1-19-8-6-7-9-22(19)18-30-14-12-23(13-15-30)28-25(26-3)27-17-21-10-11-24(29(4)5)16-20(21)2;/h6-11,16,23H,12-15,17-18H2,1-5H3,(H2,26,27,28);1H. The molecule has 0 atom stereocenters. The molecule has 2 N–H and O–H groups in total. The lowest BCUT2D eigenvalue weighted by molar-refractivity contribution is 0.198. The summed E-state index contributed by atoms with van der Waals surface area (Å²) in [7, 11) is 6.00. The van der Waals surface area contributed by atoms with Crippen molar-refractivity contribution >= 4 is 35.6 Å². The first-order valence-corrected chi connectivity index (χ1v) is 11.0. The number of guanidine groups is 1. The van der Waals surface area contributed by atoms with Crippen molar-refractivity contribution in [3.8, 4) is 0 Å². The van der Waals surface area contributed by atoms with Gasteiger partial charge < -0.3 is 15.5 Å². The Morgan fingerprint density at radius 3 is 2.35 bits per heavy atom. The van der Waals surface area contributed by atoms with E-state index in [0.717, 1.165) is 45.0 Å². The molecule has 2 aromatic carbocycles. The summed E-state index contributed by atoms with van der Waals surface area (Å²) in [4.78, 5) is 9.14. The normalized spacial score (nSPS) is 15.3. The van der Waals surface area contributed by atoms with E-state index in [1.807, 2.05) is 7.05 Å². The van der Waals surface area contributed by atoms with E-state index < -0.39 is 0 Å². The molecule has 0 spiro atoms. The summed E-state index contributed by atoms with van der Waals surface area (Å²) in [5.41, 5.74) is 6.66. The molecule has 1 saturated heterocycles. The quantitative estimate of drug-likeness (QED) is 0.329. The van der Waals surface area contributed by atoms with Gasteiger partial charge in [-0.1, -0.05) is 30.3 Å². The number of rotatable bonds is 6. The number of aryl methyl sites for hydroxylation is 2. The summed E-state index contributed by atoms with van der Waals surface area (Å²) in [5.74, 6) is 0.892. The Balaban J connectivity index is 0.00000341. The topological polar surface area (TPSA) is 42.9 Å². The van der Waals surface area contributed by atoms with Crippen LogP contribution in [0.3, 0.4) is 0 Å². The van der Waals surface area contributed by atoms with Crippen LogP contribution in [0.2, 0.25) is 0 Å². The summed E-state index contributed by atoms with van der Waals surface area (Å²) in [6.07, 6.45) is 2.28. The van der Waals surface area contributed by atoms with E-state index >= 15 is 0 Å². The monoisotopic (exact) mass is 535 g/mol. The van der Waals surface area contributed by atoms with Crippen LogP contribution in [0.25, 0.3) is 0 Å². The van der Waals surface area contributed by atoms with Gasteiger partial charge in [-0.05, 0) is 61.1 Å². The number of hydrogen-bond acceptors (Lipinski definition) is 3. The van der Waals surface area contributed by atoms with Gasteiger partial charge in [-0.15, -0.1) is 24.0 Å².